The molecular weight excluding hydrogens is 261 g/mol. The summed E-state index contributed by atoms with van der Waals surface area (Å²) in [5.41, 5.74) is -2.77. The molecule has 0 aliphatic rings. The highest BCUT2D eigenvalue weighted by molar-refractivity contribution is 8.67. The second-order valence-corrected chi connectivity index (χ2v) is 9.70. The normalized spacial score (nSPS) is 14.2. The lowest BCUT2D eigenvalue weighted by Gasteiger charge is -2.26. The standard InChI is InChI=1S/C10H23O2PS2.H3N/c1-3-5-7-9-12-13(11,14)15-10-8-6-4-2;/h3-10H2,1-2H3,(H,11,14);1H3. The maximum Gasteiger partial charge on any atom is 0.0513 e. The van der Waals surface area contributed by atoms with E-state index in [0.717, 1.165) is 31.4 Å². The van der Waals surface area contributed by atoms with Gasteiger partial charge in [0.05, 0.1) is 6.61 Å². The van der Waals surface area contributed by atoms with Gasteiger partial charge in [-0.15, -0.1) is 11.4 Å². The molecule has 0 amide bonds. The van der Waals surface area contributed by atoms with Gasteiger partial charge in [0.1, 0.15) is 0 Å². The molecule has 0 rings (SSSR count). The van der Waals surface area contributed by atoms with E-state index in [0.29, 0.717) is 6.61 Å². The lowest BCUT2D eigenvalue weighted by Crippen LogP contribution is -2.03. The van der Waals surface area contributed by atoms with Crippen molar-refractivity contribution in [1.82, 2.24) is 6.15 Å². The van der Waals surface area contributed by atoms with E-state index in [2.05, 4.69) is 13.8 Å². The first-order chi connectivity index (χ1) is 7.12. The molecule has 0 aliphatic heterocycles. The van der Waals surface area contributed by atoms with Gasteiger partial charge in [-0.25, -0.2) is 0 Å². The predicted octanol–water partition coefficient (Wildman–Crippen LogP) is 4.08. The minimum Gasteiger partial charge on any atom is -0.793 e. The van der Waals surface area contributed by atoms with E-state index in [4.69, 9.17) is 16.3 Å². The van der Waals surface area contributed by atoms with Crippen molar-refractivity contribution < 1.29 is 9.42 Å². The topological polar surface area (TPSA) is 68.8 Å². The highest BCUT2D eigenvalue weighted by Crippen LogP contribution is 2.52. The van der Waals surface area contributed by atoms with Crippen molar-refractivity contribution >= 4 is 28.9 Å². The average Bonchev–Trinajstić information content (AvgIpc) is 2.20. The summed E-state index contributed by atoms with van der Waals surface area (Å²) in [6, 6.07) is 0. The molecule has 0 aliphatic carbocycles. The van der Waals surface area contributed by atoms with Crippen LogP contribution in [-0.4, -0.2) is 12.4 Å². The van der Waals surface area contributed by atoms with Gasteiger partial charge in [0, 0.05) is 5.69 Å². The van der Waals surface area contributed by atoms with Crippen LogP contribution in [0, 0.1) is 0 Å². The Labute approximate surface area is 109 Å². The van der Waals surface area contributed by atoms with Gasteiger partial charge in [0.2, 0.25) is 0 Å². The third kappa shape index (κ3) is 12.9. The first-order valence-electron chi connectivity index (χ1n) is 5.72. The van der Waals surface area contributed by atoms with Crippen molar-refractivity contribution in [2.24, 2.45) is 0 Å². The number of hydrogen-bond donors (Lipinski definition) is 1. The maximum atomic E-state index is 11.7. The van der Waals surface area contributed by atoms with Crippen molar-refractivity contribution in [3.63, 3.8) is 0 Å². The van der Waals surface area contributed by atoms with Crippen LogP contribution in [0.2, 0.25) is 0 Å². The summed E-state index contributed by atoms with van der Waals surface area (Å²) in [7, 11) is 0. The molecule has 0 heterocycles. The Balaban J connectivity index is 0. The van der Waals surface area contributed by atoms with Gasteiger partial charge in [0.15, 0.2) is 0 Å². The molecule has 0 saturated heterocycles. The lowest BCUT2D eigenvalue weighted by molar-refractivity contribution is -0.174. The molecule has 0 spiro atoms. The van der Waals surface area contributed by atoms with Crippen molar-refractivity contribution in [3.8, 4) is 0 Å². The number of unbranched alkanes of at least 4 members (excludes halogenated alkanes) is 4. The molecule has 3 nitrogen and oxygen atoms in total. The minimum atomic E-state index is -2.77. The molecule has 16 heavy (non-hydrogen) atoms. The Hall–Kier alpha value is 0.880. The summed E-state index contributed by atoms with van der Waals surface area (Å²) in [4.78, 5) is 11.7. The van der Waals surface area contributed by atoms with Gasteiger partial charge in [-0.1, -0.05) is 51.3 Å². The van der Waals surface area contributed by atoms with Gasteiger partial charge in [0.25, 0.3) is 0 Å². The van der Waals surface area contributed by atoms with E-state index in [-0.39, 0.29) is 6.15 Å². The van der Waals surface area contributed by atoms with Crippen molar-refractivity contribution in [2.75, 3.05) is 12.4 Å². The quantitative estimate of drug-likeness (QED) is 0.485. The number of rotatable bonds is 10. The Kier molecular flexibility index (Phi) is 14.8. The molecule has 6 heteroatoms. The fourth-order valence-electron chi connectivity index (χ4n) is 1.09. The Morgan fingerprint density at radius 3 is 2.25 bits per heavy atom. The van der Waals surface area contributed by atoms with Crippen molar-refractivity contribution in [1.29, 1.82) is 0 Å². The Bertz CT molecular complexity index is 178. The predicted molar refractivity (Wildman–Crippen MR) is 77.7 cm³/mol. The summed E-state index contributed by atoms with van der Waals surface area (Å²) >= 11 is 6.26. The van der Waals surface area contributed by atoms with Crippen molar-refractivity contribution in [3.05, 3.63) is 0 Å². The van der Waals surface area contributed by atoms with E-state index >= 15 is 0 Å². The van der Waals surface area contributed by atoms with Crippen LogP contribution < -0.4 is 11.0 Å². The molecule has 0 aromatic heterocycles. The smallest absolute Gasteiger partial charge is 0.0513 e. The number of hydrogen-bond acceptors (Lipinski definition) is 4. The van der Waals surface area contributed by atoms with Gasteiger partial charge in [-0.3, -0.25) is 0 Å². The molecule has 100 valence electrons. The SMILES string of the molecule is CCCCCOP([O-])(=S)SCCCCC.[NH4+]. The van der Waals surface area contributed by atoms with E-state index in [1.807, 2.05) is 0 Å². The van der Waals surface area contributed by atoms with E-state index in [9.17, 15) is 4.89 Å². The van der Waals surface area contributed by atoms with Crippen LogP contribution in [0.1, 0.15) is 52.4 Å². The van der Waals surface area contributed by atoms with Gasteiger partial charge in [-0.2, -0.15) is 0 Å². The zero-order valence-electron chi connectivity index (χ0n) is 10.7. The molecular formula is C10H26NO2PS2. The molecule has 0 bridgehead atoms. The summed E-state index contributed by atoms with van der Waals surface area (Å²) in [5, 5.41) is 0. The third-order valence-corrected chi connectivity index (χ3v) is 6.36. The Morgan fingerprint density at radius 1 is 1.12 bits per heavy atom. The van der Waals surface area contributed by atoms with E-state index < -0.39 is 5.69 Å². The first-order valence-corrected chi connectivity index (χ1v) is 9.95. The molecule has 1 atom stereocenters. The van der Waals surface area contributed by atoms with Crippen LogP contribution in [0.4, 0.5) is 0 Å². The number of quaternary nitrogens is 1. The van der Waals surface area contributed by atoms with Crippen molar-refractivity contribution in [2.45, 2.75) is 52.4 Å². The monoisotopic (exact) mass is 287 g/mol. The van der Waals surface area contributed by atoms with E-state index in [1.54, 1.807) is 0 Å². The van der Waals surface area contributed by atoms with Crippen LogP contribution >= 0.6 is 17.1 Å². The average molecular weight is 287 g/mol. The highest BCUT2D eigenvalue weighted by atomic mass is 32.9. The van der Waals surface area contributed by atoms with Crippen LogP contribution in [0.5, 0.6) is 0 Å². The summed E-state index contributed by atoms with van der Waals surface area (Å²) in [6.45, 7) is 4.83. The molecule has 0 radical (unpaired) electrons. The highest BCUT2D eigenvalue weighted by Gasteiger charge is 2.03. The van der Waals surface area contributed by atoms with Crippen LogP contribution in [0.25, 0.3) is 0 Å². The van der Waals surface area contributed by atoms with E-state index in [1.165, 1.54) is 24.2 Å². The molecule has 0 fully saturated rings. The zero-order valence-corrected chi connectivity index (χ0v) is 13.3. The zero-order chi connectivity index (χ0) is 11.6. The third-order valence-electron chi connectivity index (χ3n) is 1.99. The molecule has 0 aromatic carbocycles. The maximum absolute atomic E-state index is 11.7. The first kappa shape index (κ1) is 19.2. The van der Waals surface area contributed by atoms with Gasteiger partial charge < -0.3 is 15.6 Å². The fraction of sp³-hybridized carbons (Fsp3) is 1.00. The summed E-state index contributed by atoms with van der Waals surface area (Å²) < 4.78 is 5.25. The largest absolute Gasteiger partial charge is 0.793 e. The molecule has 1 unspecified atom stereocenters. The Morgan fingerprint density at radius 2 is 1.69 bits per heavy atom. The molecule has 0 aromatic rings. The van der Waals surface area contributed by atoms with Crippen LogP contribution in [-0.2, 0) is 16.3 Å². The second kappa shape index (κ2) is 12.3. The summed E-state index contributed by atoms with van der Waals surface area (Å²) in [6.07, 6.45) is 6.68. The molecule has 0 saturated carbocycles. The van der Waals surface area contributed by atoms with Gasteiger partial charge >= 0.3 is 0 Å². The summed E-state index contributed by atoms with van der Waals surface area (Å²) in [5.74, 6) is 0.863. The minimum absolute atomic E-state index is 0. The van der Waals surface area contributed by atoms with Crippen LogP contribution in [0.3, 0.4) is 0 Å². The van der Waals surface area contributed by atoms with Gasteiger partial charge in [-0.05, 0) is 18.6 Å². The lowest BCUT2D eigenvalue weighted by atomic mass is 10.3. The second-order valence-electron chi connectivity index (χ2n) is 3.53. The van der Waals surface area contributed by atoms with Crippen LogP contribution in [0.15, 0.2) is 0 Å². The molecule has 4 N–H and O–H groups in total. The fourth-order valence-corrected chi connectivity index (χ4v) is 4.48.